The summed E-state index contributed by atoms with van der Waals surface area (Å²) in [7, 11) is 0.500. The van der Waals surface area contributed by atoms with Gasteiger partial charge in [0.1, 0.15) is 0 Å². The summed E-state index contributed by atoms with van der Waals surface area (Å²) in [6, 6.07) is 0. The average molecular weight is 194 g/mol. The zero-order valence-electron chi connectivity index (χ0n) is 8.98. The molecule has 0 atom stereocenters. The third kappa shape index (κ3) is 2.57. The van der Waals surface area contributed by atoms with E-state index in [1.54, 1.807) is 11.1 Å². The van der Waals surface area contributed by atoms with Crippen molar-refractivity contribution >= 4 is 0 Å². The number of hydrogen-bond acceptors (Lipinski definition) is 0. The molecular weight excluding hydrogens is 175 g/mol. The summed E-state index contributed by atoms with van der Waals surface area (Å²) in [6.45, 7) is 3.83. The molecule has 0 aromatic carbocycles. The van der Waals surface area contributed by atoms with E-state index in [0.29, 0.717) is 7.18 Å². The van der Waals surface area contributed by atoms with Gasteiger partial charge in [0.2, 0.25) is 0 Å². The zero-order chi connectivity index (χ0) is 10.4. The van der Waals surface area contributed by atoms with Crippen LogP contribution in [0.5, 0.6) is 0 Å². The molecule has 2 rings (SSSR count). The van der Waals surface area contributed by atoms with Gasteiger partial charge < -0.3 is 0 Å². The molecule has 0 bridgehead atoms. The molecule has 0 aliphatic heterocycles. The Hall–Kier alpha value is -0.850. The minimum Gasteiger partial charge on any atom is -0.255 e. The maximum Gasteiger partial charge on any atom is 0.0785 e. The van der Waals surface area contributed by atoms with Gasteiger partial charge in [-0.1, -0.05) is 24.3 Å². The van der Waals surface area contributed by atoms with Gasteiger partial charge in [0.25, 0.3) is 0 Å². The van der Waals surface area contributed by atoms with Crippen LogP contribution in [0.1, 0.15) is 38.5 Å². The fraction of sp³-hybridized carbons (Fsp3) is 0.538. The maximum absolute atomic E-state index is 9.50. The van der Waals surface area contributed by atoms with Crippen LogP contribution in [0.2, 0.25) is 0 Å². The third-order valence-corrected chi connectivity index (χ3v) is 2.97. The van der Waals surface area contributed by atoms with E-state index in [1.165, 1.54) is 44.1 Å². The van der Waals surface area contributed by atoms with Crippen molar-refractivity contribution in [1.29, 1.82) is 0 Å². The highest BCUT2D eigenvalue weighted by Gasteiger charge is 2.14. The van der Waals surface area contributed by atoms with Gasteiger partial charge in [0, 0.05) is 0 Å². The largest absolute Gasteiger partial charge is 0.255 e. The lowest BCUT2D eigenvalue weighted by molar-refractivity contribution is 0.636. The predicted molar refractivity (Wildman–Crippen MR) is 60.0 cm³/mol. The molecule has 0 nitrogen and oxygen atoms in total. The van der Waals surface area contributed by atoms with Gasteiger partial charge in [-0.3, -0.25) is 4.39 Å². The van der Waals surface area contributed by atoms with Gasteiger partial charge in [-0.2, -0.15) is 0 Å². The molecule has 0 saturated carbocycles. The Morgan fingerprint density at radius 2 is 1.86 bits per heavy atom. The standard InChI is InChI=1S/C12H16.CH3F/c1-2-10-7-8-11-5-3-4-6-12(11)9-10;1-2/h2,9H,1,3-8H2;1H3. The Kier molecular flexibility index (Phi) is 4.64. The van der Waals surface area contributed by atoms with Gasteiger partial charge in [-0.05, 0) is 49.7 Å². The van der Waals surface area contributed by atoms with Crippen LogP contribution in [-0.4, -0.2) is 7.18 Å². The van der Waals surface area contributed by atoms with Crippen molar-refractivity contribution in [3.05, 3.63) is 35.5 Å². The second-order valence-electron chi connectivity index (χ2n) is 3.76. The van der Waals surface area contributed by atoms with Gasteiger partial charge in [0.15, 0.2) is 0 Å². The van der Waals surface area contributed by atoms with Crippen LogP contribution in [0.3, 0.4) is 0 Å². The molecule has 0 aromatic rings. The molecule has 0 heterocycles. The average Bonchev–Trinajstić information content (AvgIpc) is 2.31. The second-order valence-corrected chi connectivity index (χ2v) is 3.76. The first-order valence-electron chi connectivity index (χ1n) is 5.32. The highest BCUT2D eigenvalue weighted by molar-refractivity contribution is 5.38. The van der Waals surface area contributed by atoms with Crippen molar-refractivity contribution in [2.24, 2.45) is 0 Å². The number of halogens is 1. The van der Waals surface area contributed by atoms with Gasteiger partial charge in [-0.25, -0.2) is 0 Å². The van der Waals surface area contributed by atoms with Crippen molar-refractivity contribution in [2.75, 3.05) is 7.18 Å². The van der Waals surface area contributed by atoms with E-state index < -0.39 is 0 Å². The van der Waals surface area contributed by atoms with E-state index in [0.717, 1.165) is 0 Å². The van der Waals surface area contributed by atoms with Crippen molar-refractivity contribution in [2.45, 2.75) is 38.5 Å². The van der Waals surface area contributed by atoms with Gasteiger partial charge >= 0.3 is 0 Å². The molecule has 78 valence electrons. The summed E-state index contributed by atoms with van der Waals surface area (Å²) in [6.07, 6.45) is 12.4. The minimum absolute atomic E-state index is 0.500. The van der Waals surface area contributed by atoms with E-state index in [9.17, 15) is 4.39 Å². The van der Waals surface area contributed by atoms with Crippen LogP contribution in [0, 0.1) is 0 Å². The number of hydrogen-bond donors (Lipinski definition) is 0. The first-order valence-corrected chi connectivity index (χ1v) is 5.32. The Bertz CT molecular complexity index is 258. The lowest BCUT2D eigenvalue weighted by Crippen LogP contribution is -2.03. The van der Waals surface area contributed by atoms with Crippen molar-refractivity contribution in [1.82, 2.24) is 0 Å². The first-order chi connectivity index (χ1) is 6.90. The number of alkyl halides is 1. The monoisotopic (exact) mass is 194 g/mol. The summed E-state index contributed by atoms with van der Waals surface area (Å²) >= 11 is 0. The minimum atomic E-state index is 0.500. The quantitative estimate of drug-likeness (QED) is 0.582. The Balaban J connectivity index is 0.000000461. The van der Waals surface area contributed by atoms with Crippen LogP contribution >= 0.6 is 0 Å². The smallest absolute Gasteiger partial charge is 0.0785 e. The molecule has 2 aliphatic rings. The molecule has 2 aliphatic carbocycles. The van der Waals surface area contributed by atoms with Crippen molar-refractivity contribution in [3.63, 3.8) is 0 Å². The molecule has 1 heteroatoms. The van der Waals surface area contributed by atoms with Crippen LogP contribution in [0.15, 0.2) is 35.5 Å². The normalized spacial score (nSPS) is 20.3. The van der Waals surface area contributed by atoms with Crippen LogP contribution in [-0.2, 0) is 0 Å². The molecule has 0 N–H and O–H groups in total. The summed E-state index contributed by atoms with van der Waals surface area (Å²) in [5.74, 6) is 0. The lowest BCUT2D eigenvalue weighted by Gasteiger charge is -2.22. The van der Waals surface area contributed by atoms with Crippen LogP contribution < -0.4 is 0 Å². The third-order valence-electron chi connectivity index (χ3n) is 2.97. The molecular formula is C13H19F. The zero-order valence-corrected chi connectivity index (χ0v) is 8.98. The summed E-state index contributed by atoms with van der Waals surface area (Å²) in [5.41, 5.74) is 4.80. The van der Waals surface area contributed by atoms with E-state index >= 15 is 0 Å². The Morgan fingerprint density at radius 3 is 2.57 bits per heavy atom. The SMILES string of the molecule is C=CC1=CC2=C(CCCC2)CC1.CF. The molecule has 0 aromatic heterocycles. The topological polar surface area (TPSA) is 0 Å². The van der Waals surface area contributed by atoms with Gasteiger partial charge in [0.05, 0.1) is 7.18 Å². The summed E-state index contributed by atoms with van der Waals surface area (Å²) < 4.78 is 9.50. The number of allylic oxidation sites excluding steroid dienone is 5. The van der Waals surface area contributed by atoms with Crippen LogP contribution in [0.4, 0.5) is 4.39 Å². The molecule has 0 saturated heterocycles. The fourth-order valence-corrected chi connectivity index (χ4v) is 2.20. The molecule has 0 radical (unpaired) electrons. The van der Waals surface area contributed by atoms with Crippen LogP contribution in [0.25, 0.3) is 0 Å². The highest BCUT2D eigenvalue weighted by atomic mass is 19.1. The highest BCUT2D eigenvalue weighted by Crippen LogP contribution is 2.34. The summed E-state index contributed by atoms with van der Waals surface area (Å²) in [5, 5.41) is 0. The Labute approximate surface area is 86.2 Å². The van der Waals surface area contributed by atoms with E-state index in [1.807, 2.05) is 6.08 Å². The van der Waals surface area contributed by atoms with E-state index in [2.05, 4.69) is 12.7 Å². The van der Waals surface area contributed by atoms with Crippen molar-refractivity contribution in [3.8, 4) is 0 Å². The first kappa shape index (κ1) is 11.2. The second kappa shape index (κ2) is 5.79. The molecule has 0 unspecified atom stereocenters. The lowest BCUT2D eigenvalue weighted by atomic mass is 9.83. The molecule has 0 spiro atoms. The van der Waals surface area contributed by atoms with E-state index in [-0.39, 0.29) is 0 Å². The van der Waals surface area contributed by atoms with E-state index in [4.69, 9.17) is 0 Å². The Morgan fingerprint density at radius 1 is 1.14 bits per heavy atom. The summed E-state index contributed by atoms with van der Waals surface area (Å²) in [4.78, 5) is 0. The molecule has 0 fully saturated rings. The predicted octanol–water partition coefficient (Wildman–Crippen LogP) is 4.35. The fourth-order valence-electron chi connectivity index (χ4n) is 2.20. The maximum atomic E-state index is 9.50. The number of rotatable bonds is 1. The molecule has 14 heavy (non-hydrogen) atoms. The molecule has 0 amide bonds. The van der Waals surface area contributed by atoms with Crippen molar-refractivity contribution < 1.29 is 4.39 Å². The van der Waals surface area contributed by atoms with Gasteiger partial charge in [-0.15, -0.1) is 0 Å².